The Hall–Kier alpha value is -1.25. The fourth-order valence-corrected chi connectivity index (χ4v) is 3.94. The standard InChI is InChI=1S/C25H45NO2/c1-3-4-5-6-7-8-9-10-11-12-13-14-15-16-17-18-19-20-23-21-22-26-24(23)25(27)28-2/h21-22,26H,3-20H2,1-2H3. The maximum absolute atomic E-state index is 11.6. The molecule has 0 unspecified atom stereocenters. The van der Waals surface area contributed by atoms with Gasteiger partial charge in [-0.2, -0.15) is 0 Å². The Morgan fingerprint density at radius 1 is 0.750 bits per heavy atom. The molecule has 1 aromatic rings. The molecule has 1 rings (SSSR count). The molecule has 0 aliphatic heterocycles. The van der Waals surface area contributed by atoms with Crippen LogP contribution in [-0.4, -0.2) is 18.1 Å². The van der Waals surface area contributed by atoms with Gasteiger partial charge in [-0.05, 0) is 24.5 Å². The molecule has 0 aliphatic carbocycles. The van der Waals surface area contributed by atoms with Crippen LogP contribution in [0.25, 0.3) is 0 Å². The number of H-pyrrole nitrogens is 1. The van der Waals surface area contributed by atoms with Crippen molar-refractivity contribution in [2.45, 2.75) is 122 Å². The average molecular weight is 392 g/mol. The zero-order valence-corrected chi connectivity index (χ0v) is 18.7. The Bertz CT molecular complexity index is 481. The number of carbonyl (C=O) groups is 1. The van der Waals surface area contributed by atoms with Gasteiger partial charge in [-0.1, -0.05) is 110 Å². The first kappa shape index (κ1) is 24.8. The van der Waals surface area contributed by atoms with Crippen LogP contribution in [0.15, 0.2) is 12.3 Å². The third-order valence-electron chi connectivity index (χ3n) is 5.77. The first-order valence-electron chi connectivity index (χ1n) is 12.0. The topological polar surface area (TPSA) is 42.1 Å². The Labute approximate surface area is 174 Å². The lowest BCUT2D eigenvalue weighted by Crippen LogP contribution is -2.05. The normalized spacial score (nSPS) is 11.1. The van der Waals surface area contributed by atoms with Crippen LogP contribution in [0, 0.1) is 0 Å². The molecule has 0 aromatic carbocycles. The highest BCUT2D eigenvalue weighted by molar-refractivity contribution is 5.88. The summed E-state index contributed by atoms with van der Waals surface area (Å²) in [5.74, 6) is -0.257. The third kappa shape index (κ3) is 12.3. The number of nitrogens with one attached hydrogen (secondary N) is 1. The number of hydrogen-bond donors (Lipinski definition) is 1. The molecule has 0 atom stereocenters. The number of unbranched alkanes of at least 4 members (excludes halogenated alkanes) is 16. The molecule has 0 bridgehead atoms. The molecule has 0 amide bonds. The monoisotopic (exact) mass is 391 g/mol. The molecule has 1 aromatic heterocycles. The van der Waals surface area contributed by atoms with Crippen molar-refractivity contribution >= 4 is 5.97 Å². The van der Waals surface area contributed by atoms with Crippen molar-refractivity contribution in [3.05, 3.63) is 23.5 Å². The molecule has 28 heavy (non-hydrogen) atoms. The predicted octanol–water partition coefficient (Wildman–Crippen LogP) is 8.00. The summed E-state index contributed by atoms with van der Waals surface area (Å²) in [6, 6.07) is 2.00. The lowest BCUT2D eigenvalue weighted by molar-refractivity contribution is 0.0593. The van der Waals surface area contributed by atoms with Crippen LogP contribution in [0.5, 0.6) is 0 Å². The van der Waals surface area contributed by atoms with E-state index in [1.54, 1.807) is 0 Å². The quantitative estimate of drug-likeness (QED) is 0.192. The second-order valence-corrected chi connectivity index (χ2v) is 8.28. The summed E-state index contributed by atoms with van der Waals surface area (Å²) in [4.78, 5) is 14.6. The fourth-order valence-electron chi connectivity index (χ4n) is 3.94. The van der Waals surface area contributed by atoms with E-state index in [1.807, 2.05) is 12.3 Å². The second kappa shape index (κ2) is 17.8. The van der Waals surface area contributed by atoms with Gasteiger partial charge >= 0.3 is 5.97 Å². The molecule has 3 nitrogen and oxygen atoms in total. The smallest absolute Gasteiger partial charge is 0.354 e. The van der Waals surface area contributed by atoms with Gasteiger partial charge in [-0.15, -0.1) is 0 Å². The average Bonchev–Trinajstić information content (AvgIpc) is 3.18. The first-order chi connectivity index (χ1) is 13.8. The van der Waals surface area contributed by atoms with E-state index in [0.29, 0.717) is 5.69 Å². The molecular formula is C25H45NO2. The maximum atomic E-state index is 11.6. The van der Waals surface area contributed by atoms with E-state index < -0.39 is 0 Å². The molecule has 1 heterocycles. The number of hydrogen-bond acceptors (Lipinski definition) is 2. The van der Waals surface area contributed by atoms with E-state index in [0.717, 1.165) is 18.4 Å². The molecule has 0 radical (unpaired) electrons. The van der Waals surface area contributed by atoms with Gasteiger partial charge in [0.25, 0.3) is 0 Å². The van der Waals surface area contributed by atoms with Crippen LogP contribution >= 0.6 is 0 Å². The highest BCUT2D eigenvalue weighted by Gasteiger charge is 2.12. The lowest BCUT2D eigenvalue weighted by Gasteiger charge is -2.04. The van der Waals surface area contributed by atoms with E-state index in [-0.39, 0.29) is 5.97 Å². The molecule has 162 valence electrons. The van der Waals surface area contributed by atoms with Crippen LogP contribution in [0.1, 0.15) is 132 Å². The summed E-state index contributed by atoms with van der Waals surface area (Å²) in [6.07, 6.45) is 26.4. The zero-order chi connectivity index (χ0) is 20.3. The second-order valence-electron chi connectivity index (χ2n) is 8.28. The van der Waals surface area contributed by atoms with Gasteiger partial charge in [0.1, 0.15) is 5.69 Å². The van der Waals surface area contributed by atoms with Gasteiger partial charge in [0, 0.05) is 6.20 Å². The van der Waals surface area contributed by atoms with Crippen molar-refractivity contribution < 1.29 is 9.53 Å². The number of esters is 1. The van der Waals surface area contributed by atoms with Crippen LogP contribution in [0.3, 0.4) is 0 Å². The summed E-state index contributed by atoms with van der Waals surface area (Å²) >= 11 is 0. The van der Waals surface area contributed by atoms with Gasteiger partial charge in [0.2, 0.25) is 0 Å². The summed E-state index contributed by atoms with van der Waals surface area (Å²) in [5.41, 5.74) is 1.71. The SMILES string of the molecule is CCCCCCCCCCCCCCCCCCCc1cc[nH]c1C(=O)OC. The third-order valence-corrected chi connectivity index (χ3v) is 5.77. The Morgan fingerprint density at radius 3 is 1.61 bits per heavy atom. The summed E-state index contributed by atoms with van der Waals surface area (Å²) in [7, 11) is 1.43. The summed E-state index contributed by atoms with van der Waals surface area (Å²) in [5, 5.41) is 0. The number of aromatic amines is 1. The van der Waals surface area contributed by atoms with Crippen molar-refractivity contribution in [1.82, 2.24) is 4.98 Å². The van der Waals surface area contributed by atoms with Gasteiger partial charge in [0.05, 0.1) is 7.11 Å². The number of ether oxygens (including phenoxy) is 1. The lowest BCUT2D eigenvalue weighted by atomic mass is 10.0. The number of methoxy groups -OCH3 is 1. The fraction of sp³-hybridized carbons (Fsp3) is 0.800. The van der Waals surface area contributed by atoms with Crippen molar-refractivity contribution in [1.29, 1.82) is 0 Å². The minimum Gasteiger partial charge on any atom is -0.464 e. The molecule has 0 aliphatic rings. The predicted molar refractivity (Wildman–Crippen MR) is 120 cm³/mol. The maximum Gasteiger partial charge on any atom is 0.354 e. The molecule has 1 N–H and O–H groups in total. The Kier molecular flexibility index (Phi) is 15.8. The number of rotatable bonds is 19. The molecule has 0 fully saturated rings. The van der Waals surface area contributed by atoms with Gasteiger partial charge in [0.15, 0.2) is 0 Å². The first-order valence-corrected chi connectivity index (χ1v) is 12.0. The number of aryl methyl sites for hydroxylation is 1. The van der Waals surface area contributed by atoms with Crippen molar-refractivity contribution in [2.75, 3.05) is 7.11 Å². The highest BCUT2D eigenvalue weighted by Crippen LogP contribution is 2.16. The van der Waals surface area contributed by atoms with Gasteiger partial charge < -0.3 is 9.72 Å². The molecule has 0 spiro atoms. The molecular weight excluding hydrogens is 346 g/mol. The number of aromatic nitrogens is 1. The number of carbonyl (C=O) groups excluding carboxylic acids is 1. The molecule has 0 saturated carbocycles. The van der Waals surface area contributed by atoms with Crippen molar-refractivity contribution in [3.63, 3.8) is 0 Å². The Morgan fingerprint density at radius 2 is 1.18 bits per heavy atom. The van der Waals surface area contributed by atoms with Gasteiger partial charge in [-0.25, -0.2) is 4.79 Å². The van der Waals surface area contributed by atoms with E-state index in [1.165, 1.54) is 110 Å². The Balaban J connectivity index is 1.81. The van der Waals surface area contributed by atoms with E-state index in [4.69, 9.17) is 4.74 Å². The largest absolute Gasteiger partial charge is 0.464 e. The van der Waals surface area contributed by atoms with Gasteiger partial charge in [-0.3, -0.25) is 0 Å². The van der Waals surface area contributed by atoms with E-state index in [9.17, 15) is 4.79 Å². The minimum absolute atomic E-state index is 0.257. The summed E-state index contributed by atoms with van der Waals surface area (Å²) in [6.45, 7) is 2.29. The van der Waals surface area contributed by atoms with Crippen LogP contribution < -0.4 is 0 Å². The molecule has 3 heteroatoms. The van der Waals surface area contributed by atoms with E-state index in [2.05, 4.69) is 11.9 Å². The summed E-state index contributed by atoms with van der Waals surface area (Å²) < 4.78 is 4.80. The van der Waals surface area contributed by atoms with E-state index >= 15 is 0 Å². The van der Waals surface area contributed by atoms with Crippen LogP contribution in [0.2, 0.25) is 0 Å². The van der Waals surface area contributed by atoms with Crippen LogP contribution in [-0.2, 0) is 11.2 Å². The van der Waals surface area contributed by atoms with Crippen molar-refractivity contribution in [3.8, 4) is 0 Å². The minimum atomic E-state index is -0.257. The highest BCUT2D eigenvalue weighted by atomic mass is 16.5. The zero-order valence-electron chi connectivity index (χ0n) is 18.7. The molecule has 0 saturated heterocycles. The van der Waals surface area contributed by atoms with Crippen molar-refractivity contribution in [2.24, 2.45) is 0 Å². The van der Waals surface area contributed by atoms with Crippen LogP contribution in [0.4, 0.5) is 0 Å².